The minimum atomic E-state index is -2.80. The minimum absolute atomic E-state index is 0.416. The first kappa shape index (κ1) is 30.8. The van der Waals surface area contributed by atoms with E-state index in [-0.39, 0.29) is 0 Å². The third kappa shape index (κ3) is 8.43. The molecule has 0 aliphatic heterocycles. The fourth-order valence-electron chi connectivity index (χ4n) is 5.18. The molecular weight excluding hydrogens is 546 g/mol. The SMILES string of the molecule is CCO[Si](CCC(CP(c1ccccc1)c1ccccc1)P(c1ccccc1)c1ccccc1)(OCC)OCC. The third-order valence-electron chi connectivity index (χ3n) is 6.84. The van der Waals surface area contributed by atoms with Gasteiger partial charge in [-0.2, -0.15) is 0 Å². The maximum atomic E-state index is 6.33. The van der Waals surface area contributed by atoms with Gasteiger partial charge in [0, 0.05) is 25.9 Å². The summed E-state index contributed by atoms with van der Waals surface area (Å²) in [5, 5.41) is 5.68. The molecule has 1 atom stereocenters. The van der Waals surface area contributed by atoms with Crippen molar-refractivity contribution in [3.05, 3.63) is 121 Å². The first-order chi connectivity index (χ1) is 19.7. The topological polar surface area (TPSA) is 27.7 Å². The Morgan fingerprint density at radius 2 is 0.875 bits per heavy atom. The van der Waals surface area contributed by atoms with E-state index in [2.05, 4.69) is 121 Å². The van der Waals surface area contributed by atoms with E-state index in [1.54, 1.807) is 0 Å². The molecule has 0 aromatic heterocycles. The molecule has 40 heavy (non-hydrogen) atoms. The van der Waals surface area contributed by atoms with Gasteiger partial charge < -0.3 is 13.3 Å². The number of hydrogen-bond acceptors (Lipinski definition) is 3. The number of benzene rings is 4. The molecule has 1 unspecified atom stereocenters. The van der Waals surface area contributed by atoms with E-state index < -0.39 is 24.6 Å². The van der Waals surface area contributed by atoms with Gasteiger partial charge in [-0.05, 0) is 76.1 Å². The quantitative estimate of drug-likeness (QED) is 0.104. The fraction of sp³-hybridized carbons (Fsp3) is 0.294. The summed E-state index contributed by atoms with van der Waals surface area (Å²) in [5.41, 5.74) is 0.416. The van der Waals surface area contributed by atoms with Crippen LogP contribution in [-0.4, -0.2) is 40.4 Å². The molecule has 0 amide bonds. The van der Waals surface area contributed by atoms with Gasteiger partial charge in [0.25, 0.3) is 0 Å². The summed E-state index contributed by atoms with van der Waals surface area (Å²) < 4.78 is 19.0. The number of rotatable bonds is 16. The van der Waals surface area contributed by atoms with Crippen molar-refractivity contribution in [2.24, 2.45) is 0 Å². The molecule has 3 nitrogen and oxygen atoms in total. The molecule has 0 saturated heterocycles. The summed E-state index contributed by atoms with van der Waals surface area (Å²) in [4.78, 5) is 0. The lowest BCUT2D eigenvalue weighted by Crippen LogP contribution is -2.46. The van der Waals surface area contributed by atoms with E-state index in [1.807, 2.05) is 20.8 Å². The Morgan fingerprint density at radius 3 is 1.23 bits per heavy atom. The molecule has 0 saturated carbocycles. The zero-order chi connectivity index (χ0) is 28.0. The van der Waals surface area contributed by atoms with Crippen LogP contribution in [0, 0.1) is 0 Å². The molecular formula is C34H42O3P2Si. The summed E-state index contributed by atoms with van der Waals surface area (Å²) >= 11 is 0. The highest BCUT2D eigenvalue weighted by Gasteiger charge is 2.42. The van der Waals surface area contributed by atoms with Gasteiger partial charge in [0.05, 0.1) is 0 Å². The molecule has 0 N–H and O–H groups in total. The van der Waals surface area contributed by atoms with Crippen LogP contribution >= 0.6 is 15.8 Å². The van der Waals surface area contributed by atoms with Crippen molar-refractivity contribution < 1.29 is 13.3 Å². The van der Waals surface area contributed by atoms with Crippen molar-refractivity contribution in [2.75, 3.05) is 26.0 Å². The summed E-state index contributed by atoms with van der Waals surface area (Å²) in [6.07, 6.45) is 2.08. The van der Waals surface area contributed by atoms with Crippen molar-refractivity contribution in [3.8, 4) is 0 Å². The molecule has 0 aliphatic rings. The second-order valence-electron chi connectivity index (χ2n) is 9.50. The maximum absolute atomic E-state index is 6.33. The summed E-state index contributed by atoms with van der Waals surface area (Å²) in [6, 6.07) is 45.2. The highest BCUT2D eigenvalue weighted by atomic mass is 31.1. The van der Waals surface area contributed by atoms with Gasteiger partial charge in [-0.3, -0.25) is 0 Å². The first-order valence-corrected chi connectivity index (χ1v) is 19.3. The van der Waals surface area contributed by atoms with Crippen LogP contribution in [0.2, 0.25) is 6.04 Å². The average molecular weight is 589 g/mol. The normalized spacial score (nSPS) is 12.6. The second-order valence-corrected chi connectivity index (χ2v) is 17.0. The lowest BCUT2D eigenvalue weighted by Gasteiger charge is -2.35. The smallest absolute Gasteiger partial charge is 0.374 e. The van der Waals surface area contributed by atoms with Gasteiger partial charge in [-0.1, -0.05) is 121 Å². The standard InChI is InChI=1S/C34H42O3P2Si/c1-4-35-40(36-5-2,37-6-3)28-27-34(39(32-23-15-9-16-24-32)33-25-17-10-18-26-33)29-38(30-19-11-7-12-20-30)31-21-13-8-14-22-31/h7-26,34H,4-6,27-29H2,1-3H3. The molecule has 4 aromatic carbocycles. The maximum Gasteiger partial charge on any atom is 0.500 e. The predicted octanol–water partition coefficient (Wildman–Crippen LogP) is 7.06. The molecule has 4 rings (SSSR count). The average Bonchev–Trinajstić information content (AvgIpc) is 3.01. The summed E-state index contributed by atoms with van der Waals surface area (Å²) in [5.74, 6) is 0. The highest BCUT2D eigenvalue weighted by Crippen LogP contribution is 2.49. The van der Waals surface area contributed by atoms with Crippen molar-refractivity contribution in [1.29, 1.82) is 0 Å². The van der Waals surface area contributed by atoms with Crippen LogP contribution in [-0.2, 0) is 13.3 Å². The predicted molar refractivity (Wildman–Crippen MR) is 177 cm³/mol. The molecule has 6 heteroatoms. The third-order valence-corrected chi connectivity index (χ3v) is 15.7. The van der Waals surface area contributed by atoms with Gasteiger partial charge in [-0.25, -0.2) is 0 Å². The van der Waals surface area contributed by atoms with E-state index in [4.69, 9.17) is 13.3 Å². The Labute approximate surface area is 244 Å². The molecule has 4 aromatic rings. The van der Waals surface area contributed by atoms with E-state index in [0.717, 1.165) is 18.6 Å². The van der Waals surface area contributed by atoms with E-state index in [9.17, 15) is 0 Å². The number of hydrogen-bond donors (Lipinski definition) is 0. The molecule has 0 radical (unpaired) electrons. The van der Waals surface area contributed by atoms with Gasteiger partial charge in [0.1, 0.15) is 0 Å². The molecule has 0 fully saturated rings. The van der Waals surface area contributed by atoms with Crippen molar-refractivity contribution in [2.45, 2.75) is 38.9 Å². The van der Waals surface area contributed by atoms with Crippen LogP contribution in [0.5, 0.6) is 0 Å². The fourth-order valence-corrected chi connectivity index (χ4v) is 14.2. The van der Waals surface area contributed by atoms with Crippen LogP contribution in [0.15, 0.2) is 121 Å². The molecule has 210 valence electrons. The Hall–Kier alpha value is -2.16. The van der Waals surface area contributed by atoms with Crippen LogP contribution in [0.4, 0.5) is 0 Å². The lowest BCUT2D eigenvalue weighted by molar-refractivity contribution is 0.0708. The Kier molecular flexibility index (Phi) is 12.6. The minimum Gasteiger partial charge on any atom is -0.374 e. The van der Waals surface area contributed by atoms with Gasteiger partial charge >= 0.3 is 8.80 Å². The van der Waals surface area contributed by atoms with Gasteiger partial charge in [-0.15, -0.1) is 0 Å². The summed E-state index contributed by atoms with van der Waals surface area (Å²) in [7, 11) is -4.00. The zero-order valence-corrected chi connectivity index (χ0v) is 26.8. The Bertz CT molecular complexity index is 1130. The molecule has 0 aliphatic carbocycles. The second kappa shape index (κ2) is 16.3. The van der Waals surface area contributed by atoms with Crippen molar-refractivity contribution >= 4 is 45.9 Å². The van der Waals surface area contributed by atoms with Gasteiger partial charge in [0.2, 0.25) is 0 Å². The van der Waals surface area contributed by atoms with Gasteiger partial charge in [0.15, 0.2) is 0 Å². The van der Waals surface area contributed by atoms with Crippen LogP contribution in [0.3, 0.4) is 0 Å². The first-order valence-electron chi connectivity index (χ1n) is 14.4. The summed E-state index contributed by atoms with van der Waals surface area (Å²) in [6.45, 7) is 7.93. The molecule has 0 spiro atoms. The van der Waals surface area contributed by atoms with Crippen molar-refractivity contribution in [1.82, 2.24) is 0 Å². The Balaban J connectivity index is 1.79. The Morgan fingerprint density at radius 1 is 0.525 bits per heavy atom. The van der Waals surface area contributed by atoms with Crippen LogP contribution < -0.4 is 21.2 Å². The zero-order valence-electron chi connectivity index (χ0n) is 24.0. The van der Waals surface area contributed by atoms with Crippen molar-refractivity contribution in [3.63, 3.8) is 0 Å². The van der Waals surface area contributed by atoms with E-state index in [1.165, 1.54) is 21.2 Å². The van der Waals surface area contributed by atoms with E-state index >= 15 is 0 Å². The van der Waals surface area contributed by atoms with E-state index in [0.29, 0.717) is 25.5 Å². The van der Waals surface area contributed by atoms with Crippen LogP contribution in [0.1, 0.15) is 27.2 Å². The lowest BCUT2D eigenvalue weighted by atomic mass is 10.3. The monoisotopic (exact) mass is 588 g/mol. The highest BCUT2D eigenvalue weighted by molar-refractivity contribution is 7.77. The molecule has 0 bridgehead atoms. The molecule has 0 heterocycles. The van der Waals surface area contributed by atoms with Crippen LogP contribution in [0.25, 0.3) is 0 Å². The largest absolute Gasteiger partial charge is 0.500 e.